The van der Waals surface area contributed by atoms with Crippen molar-refractivity contribution in [3.63, 3.8) is 0 Å². The SMILES string of the molecule is CC/C(=C\C(=O)c1ccc2c(c1O)C=CC(CCC=C(C)C)O2)c1ccccc1. The minimum atomic E-state index is -0.204. The lowest BCUT2D eigenvalue weighted by atomic mass is 9.97. The molecule has 3 nitrogen and oxygen atoms in total. The molecule has 0 bridgehead atoms. The predicted molar refractivity (Wildman–Crippen MR) is 119 cm³/mol. The number of aromatic hydroxyl groups is 1. The Balaban J connectivity index is 1.81. The van der Waals surface area contributed by atoms with Crippen LogP contribution in [0.2, 0.25) is 0 Å². The predicted octanol–water partition coefficient (Wildman–Crippen LogP) is 6.59. The molecule has 0 aromatic heterocycles. The van der Waals surface area contributed by atoms with Gasteiger partial charge in [-0.2, -0.15) is 0 Å². The van der Waals surface area contributed by atoms with Gasteiger partial charge in [-0.15, -0.1) is 0 Å². The van der Waals surface area contributed by atoms with E-state index in [1.54, 1.807) is 18.2 Å². The molecule has 0 saturated heterocycles. The zero-order chi connectivity index (χ0) is 20.8. The second-order valence-corrected chi connectivity index (χ2v) is 7.50. The molecule has 3 heteroatoms. The topological polar surface area (TPSA) is 46.5 Å². The van der Waals surface area contributed by atoms with Crippen molar-refractivity contribution >= 4 is 17.4 Å². The summed E-state index contributed by atoms with van der Waals surface area (Å²) in [5.74, 6) is 0.392. The fourth-order valence-electron chi connectivity index (χ4n) is 3.43. The van der Waals surface area contributed by atoms with Crippen molar-refractivity contribution in [3.8, 4) is 11.5 Å². The van der Waals surface area contributed by atoms with Crippen LogP contribution in [-0.2, 0) is 0 Å². The molecule has 1 heterocycles. The maximum Gasteiger partial charge on any atom is 0.189 e. The van der Waals surface area contributed by atoms with Gasteiger partial charge in [0, 0.05) is 0 Å². The van der Waals surface area contributed by atoms with Gasteiger partial charge in [-0.3, -0.25) is 4.79 Å². The molecule has 0 radical (unpaired) electrons. The van der Waals surface area contributed by atoms with Gasteiger partial charge < -0.3 is 9.84 Å². The summed E-state index contributed by atoms with van der Waals surface area (Å²) in [7, 11) is 0. The highest BCUT2D eigenvalue weighted by atomic mass is 16.5. The number of carbonyl (C=O) groups is 1. The fraction of sp³-hybridized carbons (Fsp3) is 0.269. The van der Waals surface area contributed by atoms with Crippen LogP contribution in [0.4, 0.5) is 0 Å². The molecule has 3 rings (SSSR count). The molecule has 1 aliphatic rings. The molecule has 1 unspecified atom stereocenters. The quantitative estimate of drug-likeness (QED) is 0.331. The van der Waals surface area contributed by atoms with Crippen LogP contribution in [0, 0.1) is 0 Å². The van der Waals surface area contributed by atoms with Gasteiger partial charge in [-0.1, -0.05) is 48.9 Å². The first kappa shape index (κ1) is 20.7. The van der Waals surface area contributed by atoms with Gasteiger partial charge in [-0.25, -0.2) is 0 Å². The number of ketones is 1. The third-order valence-corrected chi connectivity index (χ3v) is 5.03. The monoisotopic (exact) mass is 388 g/mol. The van der Waals surface area contributed by atoms with Crippen LogP contribution in [0.1, 0.15) is 61.5 Å². The van der Waals surface area contributed by atoms with Crippen molar-refractivity contribution in [1.82, 2.24) is 0 Å². The molecule has 0 amide bonds. The number of fused-ring (bicyclic) bond motifs is 1. The van der Waals surface area contributed by atoms with Crippen molar-refractivity contribution in [2.75, 3.05) is 0 Å². The Morgan fingerprint density at radius 2 is 1.90 bits per heavy atom. The van der Waals surface area contributed by atoms with Gasteiger partial charge in [0.25, 0.3) is 0 Å². The Labute approximate surface area is 173 Å². The van der Waals surface area contributed by atoms with Crippen LogP contribution >= 0.6 is 0 Å². The number of hydrogen-bond acceptors (Lipinski definition) is 3. The van der Waals surface area contributed by atoms with E-state index in [0.717, 1.165) is 30.4 Å². The van der Waals surface area contributed by atoms with Gasteiger partial charge in [0.15, 0.2) is 5.78 Å². The smallest absolute Gasteiger partial charge is 0.189 e. The highest BCUT2D eigenvalue weighted by molar-refractivity contribution is 6.11. The summed E-state index contributed by atoms with van der Waals surface area (Å²) in [6, 6.07) is 13.3. The van der Waals surface area contributed by atoms with E-state index in [4.69, 9.17) is 4.74 Å². The Bertz CT molecular complexity index is 961. The second kappa shape index (κ2) is 9.42. The molecule has 0 fully saturated rings. The maximum atomic E-state index is 12.9. The molecule has 1 atom stereocenters. The van der Waals surface area contributed by atoms with E-state index in [9.17, 15) is 9.90 Å². The van der Waals surface area contributed by atoms with Crippen LogP contribution in [0.25, 0.3) is 11.6 Å². The minimum absolute atomic E-state index is 0.0220. The summed E-state index contributed by atoms with van der Waals surface area (Å²) in [6.45, 7) is 6.18. The highest BCUT2D eigenvalue weighted by Gasteiger charge is 2.21. The Hall–Kier alpha value is -3.07. The third-order valence-electron chi connectivity index (χ3n) is 5.03. The summed E-state index contributed by atoms with van der Waals surface area (Å²) in [4.78, 5) is 12.9. The van der Waals surface area contributed by atoms with E-state index < -0.39 is 0 Å². The van der Waals surface area contributed by atoms with Crippen LogP contribution in [0.15, 0.2) is 66.3 Å². The van der Waals surface area contributed by atoms with Crippen LogP contribution in [0.5, 0.6) is 11.5 Å². The zero-order valence-corrected chi connectivity index (χ0v) is 17.3. The summed E-state index contributed by atoms with van der Waals surface area (Å²) < 4.78 is 6.00. The van der Waals surface area contributed by atoms with Gasteiger partial charge in [0.2, 0.25) is 0 Å². The molecular formula is C26H28O3. The number of phenols is 1. The van der Waals surface area contributed by atoms with E-state index in [2.05, 4.69) is 19.9 Å². The van der Waals surface area contributed by atoms with E-state index in [1.807, 2.05) is 49.4 Å². The number of ether oxygens (including phenoxy) is 1. The first-order valence-corrected chi connectivity index (χ1v) is 10.1. The molecule has 0 spiro atoms. The van der Waals surface area contributed by atoms with Gasteiger partial charge in [-0.05, 0) is 74.6 Å². The lowest BCUT2D eigenvalue weighted by Gasteiger charge is -2.22. The van der Waals surface area contributed by atoms with E-state index in [-0.39, 0.29) is 17.6 Å². The van der Waals surface area contributed by atoms with Crippen LogP contribution < -0.4 is 4.74 Å². The van der Waals surface area contributed by atoms with Crippen molar-refractivity contribution in [2.45, 2.75) is 46.1 Å². The molecule has 2 aromatic carbocycles. The molecule has 0 saturated carbocycles. The molecule has 1 N–H and O–H groups in total. The number of benzene rings is 2. The van der Waals surface area contributed by atoms with Crippen LogP contribution in [0.3, 0.4) is 0 Å². The molecule has 2 aromatic rings. The maximum absolute atomic E-state index is 12.9. The van der Waals surface area contributed by atoms with Crippen molar-refractivity contribution in [1.29, 1.82) is 0 Å². The standard InChI is InChI=1S/C26H28O3/c1-4-19(20-10-6-5-7-11-20)17-24(27)22-15-16-25-23(26(22)28)14-13-21(29-25)12-8-9-18(2)3/h5-7,9-11,13-17,21,28H,4,8,12H2,1-3H3/b19-17+. The average molecular weight is 389 g/mol. The highest BCUT2D eigenvalue weighted by Crippen LogP contribution is 2.37. The zero-order valence-electron chi connectivity index (χ0n) is 17.3. The normalized spacial score (nSPS) is 15.4. The first-order chi connectivity index (χ1) is 14.0. The Morgan fingerprint density at radius 3 is 2.59 bits per heavy atom. The average Bonchev–Trinajstić information content (AvgIpc) is 2.72. The lowest BCUT2D eigenvalue weighted by molar-refractivity contribution is 0.104. The number of rotatable bonds is 7. The lowest BCUT2D eigenvalue weighted by Crippen LogP contribution is -2.17. The number of phenolic OH excluding ortho intramolecular Hbond substituents is 1. The van der Waals surface area contributed by atoms with Crippen molar-refractivity contribution in [2.24, 2.45) is 0 Å². The van der Waals surface area contributed by atoms with Crippen LogP contribution in [-0.4, -0.2) is 17.0 Å². The van der Waals surface area contributed by atoms with E-state index in [1.165, 1.54) is 5.57 Å². The van der Waals surface area contributed by atoms with E-state index >= 15 is 0 Å². The van der Waals surface area contributed by atoms with E-state index in [0.29, 0.717) is 16.9 Å². The molecular weight excluding hydrogens is 360 g/mol. The molecule has 29 heavy (non-hydrogen) atoms. The van der Waals surface area contributed by atoms with Crippen molar-refractivity contribution < 1.29 is 14.6 Å². The van der Waals surface area contributed by atoms with Gasteiger partial charge in [0.05, 0.1) is 11.1 Å². The van der Waals surface area contributed by atoms with Gasteiger partial charge in [0.1, 0.15) is 17.6 Å². The number of hydrogen-bond donors (Lipinski definition) is 1. The van der Waals surface area contributed by atoms with Gasteiger partial charge >= 0.3 is 0 Å². The molecule has 1 aliphatic heterocycles. The number of allylic oxidation sites excluding steroid dienone is 4. The number of carbonyl (C=O) groups excluding carboxylic acids is 1. The minimum Gasteiger partial charge on any atom is -0.506 e. The summed E-state index contributed by atoms with van der Waals surface area (Å²) in [5.41, 5.74) is 4.12. The summed E-state index contributed by atoms with van der Waals surface area (Å²) in [6.07, 6.45) is 10.2. The fourth-order valence-corrected chi connectivity index (χ4v) is 3.43. The van der Waals surface area contributed by atoms with Crippen molar-refractivity contribution in [3.05, 3.63) is 83.0 Å². The molecule has 150 valence electrons. The Kier molecular flexibility index (Phi) is 6.71. The Morgan fingerprint density at radius 1 is 1.14 bits per heavy atom. The molecule has 0 aliphatic carbocycles. The summed E-state index contributed by atoms with van der Waals surface area (Å²) in [5, 5.41) is 10.7. The largest absolute Gasteiger partial charge is 0.506 e. The first-order valence-electron chi connectivity index (χ1n) is 10.1. The third kappa shape index (κ3) is 5.05. The second-order valence-electron chi connectivity index (χ2n) is 7.50. The summed E-state index contributed by atoms with van der Waals surface area (Å²) >= 11 is 0.